The molecule has 0 aromatic heterocycles. The van der Waals surface area contributed by atoms with Gasteiger partial charge in [-0.15, -0.1) is 0 Å². The minimum absolute atomic E-state index is 0.0661. The maximum absolute atomic E-state index is 15.6. The van der Waals surface area contributed by atoms with Crippen molar-refractivity contribution in [2.24, 2.45) is 16.8 Å². The molecule has 8 nitrogen and oxygen atoms in total. The van der Waals surface area contributed by atoms with Gasteiger partial charge in [0.25, 0.3) is 5.91 Å². The van der Waals surface area contributed by atoms with Gasteiger partial charge in [-0.05, 0) is 86.3 Å². The standard InChI is InChI=1S/C29H31FN4O4S/c30-25-15-21(20-2-1-3-22(14-20)32-39(37,38)23-7-8-23)6-9-24(25)26-31-29(11-12-29)28(36)34(26)17-18-10-13-33(16-18)27(35)19-4-5-19/h1-3,6,9,14-15,18-19,23,32H,4-5,7-8,10-13,16-17H2/t18-/m1/s1. The van der Waals surface area contributed by atoms with Crippen LogP contribution in [0.5, 0.6) is 0 Å². The van der Waals surface area contributed by atoms with Gasteiger partial charge in [0.2, 0.25) is 15.9 Å². The van der Waals surface area contributed by atoms with Crippen molar-refractivity contribution >= 4 is 33.4 Å². The summed E-state index contributed by atoms with van der Waals surface area (Å²) in [6.45, 7) is 1.76. The molecule has 1 N–H and O–H groups in total. The molecule has 5 aliphatic rings. The van der Waals surface area contributed by atoms with Gasteiger partial charge in [-0.2, -0.15) is 0 Å². The first-order valence-corrected chi connectivity index (χ1v) is 15.4. The van der Waals surface area contributed by atoms with Gasteiger partial charge in [-0.3, -0.25) is 24.2 Å². The molecule has 4 fully saturated rings. The van der Waals surface area contributed by atoms with Gasteiger partial charge in [0.1, 0.15) is 17.2 Å². The number of benzene rings is 2. The van der Waals surface area contributed by atoms with Gasteiger partial charge in [0.05, 0.1) is 10.8 Å². The number of carbonyl (C=O) groups excluding carboxylic acids is 2. The quantitative estimate of drug-likeness (QED) is 0.541. The van der Waals surface area contributed by atoms with Gasteiger partial charge >= 0.3 is 0 Å². The molecule has 1 atom stereocenters. The van der Waals surface area contributed by atoms with Gasteiger partial charge in [0.15, 0.2) is 0 Å². The first-order chi connectivity index (χ1) is 18.7. The lowest BCUT2D eigenvalue weighted by atomic mass is 10.0. The van der Waals surface area contributed by atoms with E-state index < -0.39 is 21.4 Å². The molecule has 2 aromatic carbocycles. The molecule has 7 rings (SSSR count). The molecular formula is C29H31FN4O4S. The number of amidine groups is 1. The van der Waals surface area contributed by atoms with Crippen LogP contribution in [0, 0.1) is 17.7 Å². The Bertz CT molecular complexity index is 1510. The molecule has 1 spiro atoms. The number of rotatable bonds is 8. The number of sulfonamides is 1. The molecule has 0 unspecified atom stereocenters. The Kier molecular flexibility index (Phi) is 5.63. The fourth-order valence-electron chi connectivity index (χ4n) is 5.77. The summed E-state index contributed by atoms with van der Waals surface area (Å²) in [5.41, 5.74) is 1.26. The van der Waals surface area contributed by atoms with Crippen molar-refractivity contribution in [3.63, 3.8) is 0 Å². The lowest BCUT2D eigenvalue weighted by Crippen LogP contribution is -2.41. The molecule has 2 heterocycles. The molecule has 2 aliphatic heterocycles. The van der Waals surface area contributed by atoms with Gasteiger partial charge in [-0.25, -0.2) is 12.8 Å². The normalized spacial score (nSPS) is 23.9. The van der Waals surface area contributed by atoms with Crippen molar-refractivity contribution in [3.8, 4) is 11.1 Å². The van der Waals surface area contributed by atoms with Crippen LogP contribution in [0.1, 0.15) is 50.5 Å². The maximum Gasteiger partial charge on any atom is 0.256 e. The van der Waals surface area contributed by atoms with Crippen molar-refractivity contribution < 1.29 is 22.4 Å². The van der Waals surface area contributed by atoms with E-state index >= 15 is 4.39 Å². The van der Waals surface area contributed by atoms with Crippen LogP contribution in [-0.4, -0.2) is 66.3 Å². The third-order valence-corrected chi connectivity index (χ3v) is 10.4. The molecule has 0 radical (unpaired) electrons. The van der Waals surface area contributed by atoms with E-state index in [1.165, 1.54) is 6.07 Å². The van der Waals surface area contributed by atoms with Crippen LogP contribution in [0.4, 0.5) is 10.1 Å². The second kappa shape index (κ2) is 8.87. The van der Waals surface area contributed by atoms with Crippen molar-refractivity contribution in [2.45, 2.75) is 55.7 Å². The highest BCUT2D eigenvalue weighted by atomic mass is 32.2. The fraction of sp³-hybridized carbons (Fsp3) is 0.483. The van der Waals surface area contributed by atoms with Crippen LogP contribution in [0.15, 0.2) is 47.5 Å². The highest BCUT2D eigenvalue weighted by Gasteiger charge is 2.58. The molecule has 204 valence electrons. The summed E-state index contributed by atoms with van der Waals surface area (Å²) in [4.78, 5) is 34.2. The summed E-state index contributed by atoms with van der Waals surface area (Å²) in [5, 5.41) is -0.337. The zero-order valence-corrected chi connectivity index (χ0v) is 22.4. The highest BCUT2D eigenvalue weighted by Crippen LogP contribution is 2.46. The summed E-state index contributed by atoms with van der Waals surface area (Å²) in [5.74, 6) is 0.366. The Morgan fingerprint density at radius 1 is 1.05 bits per heavy atom. The van der Waals surface area contributed by atoms with Crippen molar-refractivity contribution in [1.82, 2.24) is 9.80 Å². The predicted octanol–water partition coefficient (Wildman–Crippen LogP) is 3.78. The number of carbonyl (C=O) groups is 2. The molecule has 2 amide bonds. The average Bonchev–Trinajstić information content (AvgIpc) is 3.78. The number of anilines is 1. The third kappa shape index (κ3) is 4.62. The molecular weight excluding hydrogens is 519 g/mol. The van der Waals surface area contributed by atoms with E-state index in [0.717, 1.165) is 19.3 Å². The van der Waals surface area contributed by atoms with Crippen molar-refractivity contribution in [2.75, 3.05) is 24.4 Å². The van der Waals surface area contributed by atoms with Gasteiger partial charge < -0.3 is 4.90 Å². The van der Waals surface area contributed by atoms with Crippen molar-refractivity contribution in [1.29, 1.82) is 0 Å². The lowest BCUT2D eigenvalue weighted by molar-refractivity contribution is -0.131. The highest BCUT2D eigenvalue weighted by molar-refractivity contribution is 7.93. The van der Waals surface area contributed by atoms with E-state index in [2.05, 4.69) is 4.72 Å². The molecule has 1 saturated heterocycles. The van der Waals surface area contributed by atoms with Crippen LogP contribution >= 0.6 is 0 Å². The van der Waals surface area contributed by atoms with E-state index in [1.54, 1.807) is 41.3 Å². The second-order valence-electron chi connectivity index (χ2n) is 11.7. The molecule has 2 aromatic rings. The SMILES string of the molecule is O=C(C1CC1)N1CC[C@@H](CN2C(=O)C3(CC3)N=C2c2ccc(-c3cccc(NS(=O)(=O)C4CC4)c3)cc2F)C1. The molecule has 39 heavy (non-hydrogen) atoms. The largest absolute Gasteiger partial charge is 0.342 e. The molecule has 3 saturated carbocycles. The van der Waals surface area contributed by atoms with E-state index in [0.29, 0.717) is 68.0 Å². The Morgan fingerprint density at radius 3 is 2.51 bits per heavy atom. The van der Waals surface area contributed by atoms with E-state index in [1.807, 2.05) is 4.90 Å². The average molecular weight is 551 g/mol. The predicted molar refractivity (Wildman–Crippen MR) is 145 cm³/mol. The Hall–Kier alpha value is -3.27. The summed E-state index contributed by atoms with van der Waals surface area (Å²) >= 11 is 0. The second-order valence-corrected chi connectivity index (χ2v) is 13.7. The zero-order chi connectivity index (χ0) is 26.9. The number of nitrogens with one attached hydrogen (secondary N) is 1. The minimum atomic E-state index is -3.40. The number of hydrogen-bond acceptors (Lipinski definition) is 5. The number of nitrogens with zero attached hydrogens (tertiary/aromatic N) is 3. The van der Waals surface area contributed by atoms with E-state index in [-0.39, 0.29) is 34.5 Å². The van der Waals surface area contributed by atoms with Crippen LogP contribution in [0.3, 0.4) is 0 Å². The lowest BCUT2D eigenvalue weighted by Gasteiger charge is -2.24. The zero-order valence-electron chi connectivity index (χ0n) is 21.6. The molecule has 3 aliphatic carbocycles. The van der Waals surface area contributed by atoms with Gasteiger partial charge in [-0.1, -0.05) is 18.2 Å². The van der Waals surface area contributed by atoms with Crippen molar-refractivity contribution in [3.05, 3.63) is 53.8 Å². The van der Waals surface area contributed by atoms with Crippen LogP contribution in [0.25, 0.3) is 11.1 Å². The number of likely N-dealkylation sites (tertiary alicyclic amines) is 1. The topological polar surface area (TPSA) is 99.2 Å². The Labute approximate surface area is 227 Å². The number of aliphatic imine (C=N–C) groups is 1. The summed E-state index contributed by atoms with van der Waals surface area (Å²) in [7, 11) is -3.40. The Balaban J connectivity index is 1.11. The minimum Gasteiger partial charge on any atom is -0.342 e. The Morgan fingerprint density at radius 2 is 1.82 bits per heavy atom. The first-order valence-electron chi connectivity index (χ1n) is 13.9. The maximum atomic E-state index is 15.6. The molecule has 10 heteroatoms. The van der Waals surface area contributed by atoms with E-state index in [9.17, 15) is 18.0 Å². The first kappa shape index (κ1) is 24.7. The smallest absolute Gasteiger partial charge is 0.256 e. The van der Waals surface area contributed by atoms with Crippen LogP contribution in [0.2, 0.25) is 0 Å². The monoisotopic (exact) mass is 550 g/mol. The number of halogens is 1. The summed E-state index contributed by atoms with van der Waals surface area (Å²) in [6, 6.07) is 11.8. The van der Waals surface area contributed by atoms with Crippen LogP contribution in [-0.2, 0) is 19.6 Å². The van der Waals surface area contributed by atoms with E-state index in [4.69, 9.17) is 4.99 Å². The number of amides is 2. The third-order valence-electron chi connectivity index (χ3n) is 8.54. The molecule has 0 bridgehead atoms. The number of hydrogen-bond donors (Lipinski definition) is 1. The van der Waals surface area contributed by atoms with Crippen LogP contribution < -0.4 is 4.72 Å². The summed E-state index contributed by atoms with van der Waals surface area (Å²) < 4.78 is 43.0. The fourth-order valence-corrected chi connectivity index (χ4v) is 7.15. The van der Waals surface area contributed by atoms with Gasteiger partial charge in [0, 0.05) is 31.2 Å². The summed E-state index contributed by atoms with van der Waals surface area (Å²) in [6.07, 6.45) is 5.45.